The molecule has 1 N–H and O–H groups in total. The molecule has 0 aliphatic carbocycles. The number of benzene rings is 1. The fourth-order valence-corrected chi connectivity index (χ4v) is 1.22. The van der Waals surface area contributed by atoms with E-state index >= 15 is 0 Å². The number of carbonyl (C=O) groups is 1. The third kappa shape index (κ3) is 4.11. The van der Waals surface area contributed by atoms with Gasteiger partial charge < -0.3 is 9.76 Å². The molecule has 5 heteroatoms. The van der Waals surface area contributed by atoms with Crippen LogP contribution in [-0.2, 0) is 4.74 Å². The second kappa shape index (κ2) is 5.23. The highest BCUT2D eigenvalue weighted by Gasteiger charge is 2.20. The van der Waals surface area contributed by atoms with Gasteiger partial charge in [0.1, 0.15) is 5.60 Å². The molecule has 1 rings (SSSR count). The normalized spacial score (nSPS) is 10.9. The maximum atomic E-state index is 11.8. The summed E-state index contributed by atoms with van der Waals surface area (Å²) >= 11 is 0. The molecule has 0 atom stereocenters. The van der Waals surface area contributed by atoms with Crippen molar-refractivity contribution in [1.82, 2.24) is 0 Å². The summed E-state index contributed by atoms with van der Waals surface area (Å²) in [5, 5.41) is 8.80. The lowest BCUT2D eigenvalue weighted by atomic mass is 9.89. The average Bonchev–Trinajstić information content (AvgIpc) is 2.26. The van der Waals surface area contributed by atoms with Crippen LogP contribution in [0, 0.1) is 0 Å². The lowest BCUT2D eigenvalue weighted by molar-refractivity contribution is 0.0589. The molecule has 0 aliphatic rings. The van der Waals surface area contributed by atoms with Crippen LogP contribution in [0.2, 0.25) is 0 Å². The smallest absolute Gasteiger partial charge is 0.414 e. The van der Waals surface area contributed by atoms with Crippen molar-refractivity contribution in [3.63, 3.8) is 0 Å². The number of rotatable bonds is 2. The van der Waals surface area contributed by atoms with Gasteiger partial charge >= 0.3 is 13.6 Å². The summed E-state index contributed by atoms with van der Waals surface area (Å²) in [6.45, 7) is 5.47. The van der Waals surface area contributed by atoms with Gasteiger partial charge in [-0.15, -0.1) is 0 Å². The molecule has 0 aromatic heterocycles. The highest BCUT2D eigenvalue weighted by Crippen LogP contribution is 2.15. The van der Waals surface area contributed by atoms with Crippen LogP contribution in [-0.4, -0.2) is 31.2 Å². The van der Waals surface area contributed by atoms with Crippen LogP contribution in [0.3, 0.4) is 0 Å². The summed E-state index contributed by atoms with van der Waals surface area (Å²) in [5.74, 6) is 0. The van der Waals surface area contributed by atoms with Gasteiger partial charge in [-0.2, -0.15) is 0 Å². The number of nitrogens with zero attached hydrogens (tertiary/aromatic N) is 1. The Morgan fingerprint density at radius 2 is 1.82 bits per heavy atom. The molecule has 4 nitrogen and oxygen atoms in total. The van der Waals surface area contributed by atoms with Crippen molar-refractivity contribution in [2.24, 2.45) is 0 Å². The zero-order chi connectivity index (χ0) is 13.1. The zero-order valence-corrected chi connectivity index (χ0v) is 10.6. The van der Waals surface area contributed by atoms with Gasteiger partial charge in [0, 0.05) is 12.7 Å². The third-order valence-corrected chi connectivity index (χ3v) is 2.10. The third-order valence-electron chi connectivity index (χ3n) is 2.10. The van der Waals surface area contributed by atoms with Crippen molar-refractivity contribution in [2.75, 3.05) is 11.9 Å². The Balaban J connectivity index is 2.74. The monoisotopic (exact) mass is 234 g/mol. The van der Waals surface area contributed by atoms with Crippen molar-refractivity contribution in [1.29, 1.82) is 0 Å². The van der Waals surface area contributed by atoms with Gasteiger partial charge in [0.2, 0.25) is 0 Å². The van der Waals surface area contributed by atoms with Crippen LogP contribution in [0.25, 0.3) is 0 Å². The van der Waals surface area contributed by atoms with Crippen LogP contribution in [0.5, 0.6) is 0 Å². The highest BCUT2D eigenvalue weighted by molar-refractivity contribution is 6.45. The fourth-order valence-electron chi connectivity index (χ4n) is 1.22. The van der Waals surface area contributed by atoms with Crippen molar-refractivity contribution in [3.8, 4) is 0 Å². The highest BCUT2D eigenvalue weighted by atomic mass is 16.6. The maximum absolute atomic E-state index is 11.8. The average molecular weight is 234 g/mol. The first-order valence-corrected chi connectivity index (χ1v) is 5.38. The second-order valence-electron chi connectivity index (χ2n) is 4.76. The van der Waals surface area contributed by atoms with E-state index in [-0.39, 0.29) is 0 Å². The van der Waals surface area contributed by atoms with E-state index in [4.69, 9.17) is 9.76 Å². The van der Waals surface area contributed by atoms with Gasteiger partial charge in [0.05, 0.1) is 0 Å². The van der Waals surface area contributed by atoms with E-state index in [1.54, 1.807) is 31.3 Å². The molecule has 0 saturated carbocycles. The van der Waals surface area contributed by atoms with Crippen LogP contribution < -0.4 is 10.4 Å². The first-order valence-electron chi connectivity index (χ1n) is 5.38. The molecular formula is C12H17BNO3. The van der Waals surface area contributed by atoms with Crippen LogP contribution >= 0.6 is 0 Å². The Morgan fingerprint density at radius 3 is 2.24 bits per heavy atom. The van der Waals surface area contributed by atoms with E-state index < -0.39 is 11.7 Å². The van der Waals surface area contributed by atoms with Crippen LogP contribution in [0.4, 0.5) is 10.5 Å². The second-order valence-corrected chi connectivity index (χ2v) is 4.76. The molecule has 0 saturated heterocycles. The quantitative estimate of drug-likeness (QED) is 0.784. The van der Waals surface area contributed by atoms with Crippen molar-refractivity contribution >= 4 is 24.7 Å². The zero-order valence-electron chi connectivity index (χ0n) is 10.6. The maximum Gasteiger partial charge on any atom is 0.414 e. The van der Waals surface area contributed by atoms with E-state index in [9.17, 15) is 4.79 Å². The predicted molar refractivity (Wildman–Crippen MR) is 68.7 cm³/mol. The summed E-state index contributed by atoms with van der Waals surface area (Å²) in [4.78, 5) is 13.2. The first kappa shape index (κ1) is 13.6. The number of anilines is 1. The van der Waals surface area contributed by atoms with Gasteiger partial charge in [-0.3, -0.25) is 4.90 Å². The van der Waals surface area contributed by atoms with Gasteiger partial charge in [-0.05, 0) is 32.9 Å². The number of carbonyl (C=O) groups excluding carboxylic acids is 1. The van der Waals surface area contributed by atoms with E-state index in [0.717, 1.165) is 7.48 Å². The molecule has 1 aromatic carbocycles. The SMILES string of the molecule is CN(C(=O)OC(C)(C)C)c1ccc([B]O)cc1. The predicted octanol–water partition coefficient (Wildman–Crippen LogP) is 1.29. The van der Waals surface area contributed by atoms with Gasteiger partial charge in [0.15, 0.2) is 0 Å². The Morgan fingerprint density at radius 1 is 1.29 bits per heavy atom. The van der Waals surface area contributed by atoms with E-state index in [1.807, 2.05) is 20.8 Å². The topological polar surface area (TPSA) is 49.8 Å². The Hall–Kier alpha value is -1.49. The van der Waals surface area contributed by atoms with Gasteiger partial charge in [0.25, 0.3) is 0 Å². The summed E-state index contributed by atoms with van der Waals surface area (Å²) in [6, 6.07) is 6.92. The fraction of sp³-hybridized carbons (Fsp3) is 0.417. The summed E-state index contributed by atoms with van der Waals surface area (Å²) in [5.41, 5.74) is 0.889. The molecule has 1 radical (unpaired) electrons. The van der Waals surface area contributed by atoms with E-state index in [0.29, 0.717) is 11.2 Å². The van der Waals surface area contributed by atoms with E-state index in [2.05, 4.69) is 0 Å². The number of hydrogen-bond donors (Lipinski definition) is 1. The van der Waals surface area contributed by atoms with E-state index in [1.165, 1.54) is 4.90 Å². The van der Waals surface area contributed by atoms with Gasteiger partial charge in [-0.25, -0.2) is 4.79 Å². The molecule has 0 fully saturated rings. The molecule has 0 spiro atoms. The molecule has 1 amide bonds. The summed E-state index contributed by atoms with van der Waals surface area (Å²) in [7, 11) is 2.66. The number of amides is 1. The minimum absolute atomic E-state index is 0.404. The van der Waals surface area contributed by atoms with Crippen LogP contribution in [0.1, 0.15) is 20.8 Å². The van der Waals surface area contributed by atoms with Crippen molar-refractivity contribution in [2.45, 2.75) is 26.4 Å². The molecule has 1 aromatic rings. The first-order chi connectivity index (χ1) is 7.83. The minimum atomic E-state index is -0.510. The summed E-state index contributed by atoms with van der Waals surface area (Å²) < 4.78 is 5.24. The Bertz CT molecular complexity index is 384. The summed E-state index contributed by atoms with van der Waals surface area (Å²) in [6.07, 6.45) is -0.404. The molecule has 17 heavy (non-hydrogen) atoms. The van der Waals surface area contributed by atoms with Gasteiger partial charge in [-0.1, -0.05) is 17.6 Å². The van der Waals surface area contributed by atoms with Crippen molar-refractivity contribution < 1.29 is 14.6 Å². The molecule has 0 unspecified atom stereocenters. The van der Waals surface area contributed by atoms with Crippen LogP contribution in [0.15, 0.2) is 24.3 Å². The van der Waals surface area contributed by atoms with Crippen molar-refractivity contribution in [3.05, 3.63) is 24.3 Å². The molecule has 0 heterocycles. The Kier molecular flexibility index (Phi) is 4.18. The molecule has 0 bridgehead atoms. The molecular weight excluding hydrogens is 217 g/mol. The number of hydrogen-bond acceptors (Lipinski definition) is 3. The standard InChI is InChI=1S/C12H17BNO3/c1-12(2,3)17-11(15)14(4)10-7-5-9(13-16)6-8-10/h5-8,16H,1-4H3. The lowest BCUT2D eigenvalue weighted by Crippen LogP contribution is -2.34. The minimum Gasteiger partial charge on any atom is -0.450 e. The molecule has 91 valence electrons. The largest absolute Gasteiger partial charge is 0.450 e. The molecule has 0 aliphatic heterocycles. The number of ether oxygens (including phenoxy) is 1. The lowest BCUT2D eigenvalue weighted by Gasteiger charge is -2.24. The Labute approximate surface area is 102 Å².